The van der Waals surface area contributed by atoms with E-state index in [0.717, 1.165) is 30.5 Å². The van der Waals surface area contributed by atoms with Gasteiger partial charge in [0.05, 0.1) is 17.4 Å². The molecule has 100 valence electrons. The van der Waals surface area contributed by atoms with Gasteiger partial charge in [-0.25, -0.2) is 4.98 Å². The van der Waals surface area contributed by atoms with Gasteiger partial charge in [-0.15, -0.1) is 0 Å². The number of carbonyl (C=O) groups is 1. The molecule has 1 fully saturated rings. The number of hydrogen-bond acceptors (Lipinski definition) is 3. The molecule has 1 aliphatic heterocycles. The van der Waals surface area contributed by atoms with Crippen LogP contribution in [0.5, 0.6) is 0 Å². The molecule has 2 unspecified atom stereocenters. The van der Waals surface area contributed by atoms with Crippen molar-refractivity contribution in [3.05, 3.63) is 30.1 Å². The molecule has 1 amide bonds. The van der Waals surface area contributed by atoms with Gasteiger partial charge in [0.1, 0.15) is 0 Å². The lowest BCUT2D eigenvalue weighted by molar-refractivity contribution is 0.0929. The number of carbonyl (C=O) groups excluding carboxylic acids is 1. The summed E-state index contributed by atoms with van der Waals surface area (Å²) in [5, 5.41) is 6.40. The van der Waals surface area contributed by atoms with Crippen molar-refractivity contribution in [2.75, 3.05) is 13.1 Å². The smallest absolute Gasteiger partial charge is 0.251 e. The lowest BCUT2D eigenvalue weighted by atomic mass is 10.0. The van der Waals surface area contributed by atoms with Gasteiger partial charge in [-0.3, -0.25) is 4.79 Å². The molecule has 1 aliphatic rings. The van der Waals surface area contributed by atoms with Crippen molar-refractivity contribution >= 4 is 16.9 Å². The summed E-state index contributed by atoms with van der Waals surface area (Å²) in [5.74, 6) is 0.510. The highest BCUT2D eigenvalue weighted by Crippen LogP contribution is 2.15. The van der Waals surface area contributed by atoms with E-state index < -0.39 is 0 Å². The van der Waals surface area contributed by atoms with E-state index in [-0.39, 0.29) is 11.9 Å². The molecular formula is C14H18N4O. The molecule has 2 heterocycles. The summed E-state index contributed by atoms with van der Waals surface area (Å²) in [6.07, 6.45) is 2.76. The molecule has 1 aromatic heterocycles. The summed E-state index contributed by atoms with van der Waals surface area (Å²) in [4.78, 5) is 19.4. The van der Waals surface area contributed by atoms with Crippen LogP contribution in [0.1, 0.15) is 23.7 Å². The third kappa shape index (κ3) is 2.46. The highest BCUT2D eigenvalue weighted by Gasteiger charge is 2.22. The SMILES string of the molecule is CC(NC(=O)c1ccc2nc[nH]c2c1)C1CCNC1. The Labute approximate surface area is 111 Å². The molecule has 0 bridgehead atoms. The summed E-state index contributed by atoms with van der Waals surface area (Å²) >= 11 is 0. The minimum atomic E-state index is -0.0177. The standard InChI is InChI=1S/C14H18N4O/c1-9(11-4-5-15-7-11)18-14(19)10-2-3-12-13(6-10)17-8-16-12/h2-3,6,8-9,11,15H,4-5,7H2,1H3,(H,16,17)(H,18,19). The molecule has 0 saturated carbocycles. The summed E-state index contributed by atoms with van der Waals surface area (Å²) in [7, 11) is 0. The second-order valence-corrected chi connectivity index (χ2v) is 5.15. The fraction of sp³-hybridized carbons (Fsp3) is 0.429. The molecule has 3 rings (SSSR count). The number of H-pyrrole nitrogens is 1. The number of amides is 1. The summed E-state index contributed by atoms with van der Waals surface area (Å²) < 4.78 is 0. The maximum absolute atomic E-state index is 12.2. The van der Waals surface area contributed by atoms with Crippen LogP contribution in [0.3, 0.4) is 0 Å². The Morgan fingerprint density at radius 2 is 2.42 bits per heavy atom. The maximum Gasteiger partial charge on any atom is 0.251 e. The topological polar surface area (TPSA) is 69.8 Å². The molecule has 5 nitrogen and oxygen atoms in total. The van der Waals surface area contributed by atoms with Gasteiger partial charge in [0.25, 0.3) is 5.91 Å². The fourth-order valence-corrected chi connectivity index (χ4v) is 2.59. The van der Waals surface area contributed by atoms with Crippen molar-refractivity contribution in [3.63, 3.8) is 0 Å². The molecular weight excluding hydrogens is 240 g/mol. The number of hydrogen-bond donors (Lipinski definition) is 3. The summed E-state index contributed by atoms with van der Waals surface area (Å²) in [5.41, 5.74) is 2.45. The van der Waals surface area contributed by atoms with Gasteiger partial charge >= 0.3 is 0 Å². The quantitative estimate of drug-likeness (QED) is 0.777. The van der Waals surface area contributed by atoms with Crippen molar-refractivity contribution in [3.8, 4) is 0 Å². The normalized spacial score (nSPS) is 20.6. The van der Waals surface area contributed by atoms with Crippen molar-refractivity contribution in [2.24, 2.45) is 5.92 Å². The molecule has 19 heavy (non-hydrogen) atoms. The third-order valence-electron chi connectivity index (χ3n) is 3.85. The fourth-order valence-electron chi connectivity index (χ4n) is 2.59. The Morgan fingerprint density at radius 1 is 1.53 bits per heavy atom. The highest BCUT2D eigenvalue weighted by molar-refractivity contribution is 5.97. The number of aromatic amines is 1. The van der Waals surface area contributed by atoms with Gasteiger partial charge in [-0.05, 0) is 50.6 Å². The van der Waals surface area contributed by atoms with E-state index >= 15 is 0 Å². The zero-order valence-corrected chi connectivity index (χ0v) is 10.9. The van der Waals surface area contributed by atoms with Gasteiger partial charge in [0.2, 0.25) is 0 Å². The number of rotatable bonds is 3. The average Bonchev–Trinajstić information content (AvgIpc) is 3.09. The van der Waals surface area contributed by atoms with Crippen LogP contribution in [-0.2, 0) is 0 Å². The molecule has 1 aromatic carbocycles. The number of aromatic nitrogens is 2. The van der Waals surface area contributed by atoms with Gasteiger partial charge < -0.3 is 15.6 Å². The molecule has 1 saturated heterocycles. The summed E-state index contributed by atoms with van der Waals surface area (Å²) in [6, 6.07) is 5.72. The van der Waals surface area contributed by atoms with E-state index in [0.29, 0.717) is 11.5 Å². The Bertz CT molecular complexity index is 586. The van der Waals surface area contributed by atoms with E-state index in [1.54, 1.807) is 6.33 Å². The van der Waals surface area contributed by atoms with E-state index in [1.165, 1.54) is 0 Å². The molecule has 5 heteroatoms. The first-order chi connectivity index (χ1) is 9.24. The average molecular weight is 258 g/mol. The van der Waals surface area contributed by atoms with Gasteiger partial charge in [-0.2, -0.15) is 0 Å². The van der Waals surface area contributed by atoms with Gasteiger partial charge in [-0.1, -0.05) is 0 Å². The van der Waals surface area contributed by atoms with Crippen molar-refractivity contribution in [1.29, 1.82) is 0 Å². The van der Waals surface area contributed by atoms with Gasteiger partial charge in [0, 0.05) is 11.6 Å². The predicted molar refractivity (Wildman–Crippen MR) is 74.0 cm³/mol. The first-order valence-electron chi connectivity index (χ1n) is 6.69. The lowest BCUT2D eigenvalue weighted by Gasteiger charge is -2.19. The zero-order valence-electron chi connectivity index (χ0n) is 10.9. The molecule has 2 atom stereocenters. The van der Waals surface area contributed by atoms with Crippen LogP contribution < -0.4 is 10.6 Å². The number of fused-ring (bicyclic) bond motifs is 1. The molecule has 2 aromatic rings. The van der Waals surface area contributed by atoms with E-state index in [4.69, 9.17) is 0 Å². The number of nitrogens with one attached hydrogen (secondary N) is 3. The molecule has 0 aliphatic carbocycles. The van der Waals surface area contributed by atoms with Gasteiger partial charge in [0.15, 0.2) is 0 Å². The minimum absolute atomic E-state index is 0.0177. The summed E-state index contributed by atoms with van der Waals surface area (Å²) in [6.45, 7) is 4.11. The zero-order chi connectivity index (χ0) is 13.2. The third-order valence-corrected chi connectivity index (χ3v) is 3.85. The predicted octanol–water partition coefficient (Wildman–Crippen LogP) is 1.29. The molecule has 0 radical (unpaired) electrons. The van der Waals surface area contributed by atoms with Crippen LogP contribution in [-0.4, -0.2) is 35.0 Å². The van der Waals surface area contributed by atoms with E-state index in [1.807, 2.05) is 18.2 Å². The van der Waals surface area contributed by atoms with Crippen LogP contribution >= 0.6 is 0 Å². The largest absolute Gasteiger partial charge is 0.349 e. The lowest BCUT2D eigenvalue weighted by Crippen LogP contribution is -2.38. The van der Waals surface area contributed by atoms with Crippen molar-refractivity contribution in [1.82, 2.24) is 20.6 Å². The van der Waals surface area contributed by atoms with Crippen molar-refractivity contribution < 1.29 is 4.79 Å². The Morgan fingerprint density at radius 3 is 3.21 bits per heavy atom. The second kappa shape index (κ2) is 5.01. The van der Waals surface area contributed by atoms with E-state index in [9.17, 15) is 4.79 Å². The Kier molecular flexibility index (Phi) is 3.21. The van der Waals surface area contributed by atoms with Crippen LogP contribution in [0.15, 0.2) is 24.5 Å². The number of benzene rings is 1. The monoisotopic (exact) mass is 258 g/mol. The Balaban J connectivity index is 1.71. The maximum atomic E-state index is 12.2. The first kappa shape index (κ1) is 12.2. The molecule has 3 N–H and O–H groups in total. The van der Waals surface area contributed by atoms with Crippen LogP contribution in [0, 0.1) is 5.92 Å². The first-order valence-corrected chi connectivity index (χ1v) is 6.69. The highest BCUT2D eigenvalue weighted by atomic mass is 16.1. The van der Waals surface area contributed by atoms with Crippen LogP contribution in [0.2, 0.25) is 0 Å². The van der Waals surface area contributed by atoms with Crippen molar-refractivity contribution in [2.45, 2.75) is 19.4 Å². The minimum Gasteiger partial charge on any atom is -0.349 e. The Hall–Kier alpha value is -1.88. The number of imidazole rings is 1. The van der Waals surface area contributed by atoms with E-state index in [2.05, 4.69) is 27.5 Å². The second-order valence-electron chi connectivity index (χ2n) is 5.15. The van der Waals surface area contributed by atoms with Crippen LogP contribution in [0.25, 0.3) is 11.0 Å². The molecule has 0 spiro atoms. The van der Waals surface area contributed by atoms with Crippen LogP contribution in [0.4, 0.5) is 0 Å². The number of nitrogens with zero attached hydrogens (tertiary/aromatic N) is 1.